The maximum absolute atomic E-state index is 14.0. The van der Waals surface area contributed by atoms with E-state index in [9.17, 15) is 24.3 Å². The topological polar surface area (TPSA) is 167 Å². The number of phenols is 1. The first kappa shape index (κ1) is 42.7. The Kier molecular flexibility index (Phi) is 17.8. The smallest absolute Gasteiger partial charge is 0.407 e. The number of nitrogens with one attached hydrogen (secondary N) is 5. The second-order valence-corrected chi connectivity index (χ2v) is 14.4. The maximum atomic E-state index is 14.0. The fourth-order valence-corrected chi connectivity index (χ4v) is 6.97. The van der Waals surface area contributed by atoms with Crippen LogP contribution in [0.5, 0.6) is 11.5 Å². The van der Waals surface area contributed by atoms with Crippen molar-refractivity contribution in [3.63, 3.8) is 0 Å². The zero-order chi connectivity index (χ0) is 39.4. The maximum Gasteiger partial charge on any atom is 0.407 e. The third-order valence-corrected chi connectivity index (χ3v) is 9.81. The number of phenolic OH excluding ortho intramolecular Hbond substituents is 1. The number of urea groups is 1. The SMILES string of the molecule is COc1ccccc1CCNC(=O)N[C@H](Cc1cc(Br)c(O)c(Br)c1)C(=O)N[C@@H](CCCCNC(=O)OCc1ccccc1)C(=O)NCCc1ccccc1. The van der Waals surface area contributed by atoms with Crippen LogP contribution in [-0.2, 0) is 40.2 Å². The van der Waals surface area contributed by atoms with E-state index in [1.807, 2.05) is 84.9 Å². The van der Waals surface area contributed by atoms with E-state index in [2.05, 4.69) is 58.4 Å². The fourth-order valence-electron chi connectivity index (χ4n) is 5.69. The minimum Gasteiger partial charge on any atom is -0.506 e. The van der Waals surface area contributed by atoms with Crippen molar-refractivity contribution in [2.75, 3.05) is 26.7 Å². The third-order valence-electron chi connectivity index (χ3n) is 8.60. The van der Waals surface area contributed by atoms with Crippen LogP contribution in [0.15, 0.2) is 106 Å². The lowest BCUT2D eigenvalue weighted by molar-refractivity contribution is -0.130. The van der Waals surface area contributed by atoms with Crippen molar-refractivity contribution in [3.8, 4) is 11.5 Å². The van der Waals surface area contributed by atoms with Crippen LogP contribution in [-0.4, -0.2) is 67.9 Å². The fraction of sp³-hybridized carbons (Fsp3) is 0.317. The Morgan fingerprint density at radius 3 is 2.00 bits per heavy atom. The number of aromatic hydroxyl groups is 1. The molecule has 55 heavy (non-hydrogen) atoms. The third kappa shape index (κ3) is 14.9. The Morgan fingerprint density at radius 1 is 0.673 bits per heavy atom. The van der Waals surface area contributed by atoms with Crippen LogP contribution in [0.3, 0.4) is 0 Å². The number of hydrogen-bond donors (Lipinski definition) is 6. The molecule has 6 N–H and O–H groups in total. The van der Waals surface area contributed by atoms with Crippen molar-refractivity contribution in [2.24, 2.45) is 0 Å². The Morgan fingerprint density at radius 2 is 1.31 bits per heavy atom. The van der Waals surface area contributed by atoms with E-state index < -0.39 is 30.1 Å². The van der Waals surface area contributed by atoms with Crippen molar-refractivity contribution in [1.82, 2.24) is 26.6 Å². The molecule has 4 aromatic rings. The molecule has 0 saturated heterocycles. The minimum atomic E-state index is -1.09. The van der Waals surface area contributed by atoms with Gasteiger partial charge in [-0.3, -0.25) is 9.59 Å². The Hall–Kier alpha value is -5.08. The molecule has 0 aliphatic heterocycles. The molecule has 0 aromatic heterocycles. The van der Waals surface area contributed by atoms with Gasteiger partial charge in [-0.05, 0) is 104 Å². The summed E-state index contributed by atoms with van der Waals surface area (Å²) in [6.07, 6.45) is 1.90. The molecule has 0 spiro atoms. The molecule has 5 amide bonds. The highest BCUT2D eigenvalue weighted by Crippen LogP contribution is 2.33. The number of amides is 5. The van der Waals surface area contributed by atoms with Crippen LogP contribution >= 0.6 is 31.9 Å². The molecule has 14 heteroatoms. The molecule has 0 bridgehead atoms. The van der Waals surface area contributed by atoms with Gasteiger partial charge in [0.1, 0.15) is 30.2 Å². The number of para-hydroxylation sites is 1. The normalized spacial score (nSPS) is 11.8. The summed E-state index contributed by atoms with van der Waals surface area (Å²) in [6.45, 7) is 1.09. The minimum absolute atomic E-state index is 0.00187. The van der Waals surface area contributed by atoms with E-state index in [0.717, 1.165) is 16.7 Å². The molecule has 4 aromatic carbocycles. The van der Waals surface area contributed by atoms with Gasteiger partial charge >= 0.3 is 12.1 Å². The van der Waals surface area contributed by atoms with E-state index in [1.54, 1.807) is 19.2 Å². The number of rotatable bonds is 20. The molecular formula is C41H47Br2N5O7. The van der Waals surface area contributed by atoms with Gasteiger partial charge in [-0.1, -0.05) is 78.9 Å². The van der Waals surface area contributed by atoms with Crippen molar-refractivity contribution >= 4 is 55.8 Å². The molecule has 4 rings (SSSR count). The van der Waals surface area contributed by atoms with Gasteiger partial charge in [-0.2, -0.15) is 0 Å². The Labute approximate surface area is 338 Å². The van der Waals surface area contributed by atoms with Crippen LogP contribution in [0, 0.1) is 0 Å². The first-order chi connectivity index (χ1) is 26.6. The van der Waals surface area contributed by atoms with Gasteiger partial charge in [0.25, 0.3) is 0 Å². The molecule has 0 aliphatic carbocycles. The van der Waals surface area contributed by atoms with Crippen molar-refractivity contribution in [2.45, 2.75) is 57.2 Å². The molecular weight excluding hydrogens is 834 g/mol. The zero-order valence-corrected chi connectivity index (χ0v) is 33.8. The largest absolute Gasteiger partial charge is 0.506 e. The van der Waals surface area contributed by atoms with E-state index >= 15 is 0 Å². The van der Waals surface area contributed by atoms with Gasteiger partial charge in [0.05, 0.1) is 16.1 Å². The zero-order valence-electron chi connectivity index (χ0n) is 30.6. The van der Waals surface area contributed by atoms with Gasteiger partial charge in [-0.15, -0.1) is 0 Å². The van der Waals surface area contributed by atoms with Gasteiger partial charge in [0, 0.05) is 26.1 Å². The highest BCUT2D eigenvalue weighted by Gasteiger charge is 2.27. The summed E-state index contributed by atoms with van der Waals surface area (Å²) in [6, 6.07) is 27.3. The number of alkyl carbamates (subject to hydrolysis) is 1. The van der Waals surface area contributed by atoms with E-state index in [-0.39, 0.29) is 37.6 Å². The molecule has 12 nitrogen and oxygen atoms in total. The molecule has 2 atom stereocenters. The van der Waals surface area contributed by atoms with Crippen LogP contribution in [0.25, 0.3) is 0 Å². The number of benzene rings is 4. The molecule has 0 radical (unpaired) electrons. The molecule has 0 saturated carbocycles. The molecule has 292 valence electrons. The predicted molar refractivity (Wildman–Crippen MR) is 218 cm³/mol. The molecule has 0 heterocycles. The quantitative estimate of drug-likeness (QED) is 0.0566. The Bertz CT molecular complexity index is 1830. The van der Waals surface area contributed by atoms with Gasteiger partial charge in [0.2, 0.25) is 11.8 Å². The van der Waals surface area contributed by atoms with E-state index in [1.165, 1.54) is 0 Å². The average Bonchev–Trinajstić information content (AvgIpc) is 3.19. The number of unbranched alkanes of at least 4 members (excludes halogenated alkanes) is 1. The number of methoxy groups -OCH3 is 1. The van der Waals surface area contributed by atoms with Gasteiger partial charge in [0.15, 0.2) is 0 Å². The van der Waals surface area contributed by atoms with Crippen molar-refractivity contribution in [1.29, 1.82) is 0 Å². The second-order valence-electron chi connectivity index (χ2n) is 12.7. The molecule has 0 aliphatic rings. The monoisotopic (exact) mass is 879 g/mol. The highest BCUT2D eigenvalue weighted by molar-refractivity contribution is 9.11. The van der Waals surface area contributed by atoms with Crippen LogP contribution in [0.2, 0.25) is 0 Å². The first-order valence-electron chi connectivity index (χ1n) is 18.0. The molecule has 0 fully saturated rings. The van der Waals surface area contributed by atoms with Crippen molar-refractivity contribution < 1.29 is 33.8 Å². The van der Waals surface area contributed by atoms with E-state index in [4.69, 9.17) is 9.47 Å². The Balaban J connectivity index is 1.40. The number of carbonyl (C=O) groups is 4. The standard InChI is InChI=1S/C41H47Br2N5O7/c1-54-36-18-9-8-16-31(36)20-23-45-40(52)48-35(26-30-24-32(42)37(49)33(43)25-30)39(51)47-34(38(50)44-22-19-28-12-4-2-5-13-28)17-10-11-21-46-41(53)55-27-29-14-6-3-7-15-29/h2-9,12-16,18,24-25,34-35,49H,10-11,17,19-23,26-27H2,1H3,(H,44,50)(H,46,53)(H,47,51)(H2,45,48,52)/t34-,35+/m0/s1. The number of ether oxygens (including phenoxy) is 2. The summed E-state index contributed by atoms with van der Waals surface area (Å²) in [5.41, 5.74) is 3.48. The number of carbonyl (C=O) groups excluding carboxylic acids is 4. The van der Waals surface area contributed by atoms with E-state index in [0.29, 0.717) is 59.0 Å². The number of hydrogen-bond acceptors (Lipinski definition) is 7. The number of halogens is 2. The summed E-state index contributed by atoms with van der Waals surface area (Å²) in [5, 5.41) is 24.4. The lowest BCUT2D eigenvalue weighted by Crippen LogP contribution is -2.56. The second kappa shape index (κ2) is 23.0. The summed E-state index contributed by atoms with van der Waals surface area (Å²) in [5.74, 6) is -0.226. The van der Waals surface area contributed by atoms with Gasteiger partial charge in [-0.25, -0.2) is 9.59 Å². The van der Waals surface area contributed by atoms with Crippen LogP contribution in [0.1, 0.15) is 41.5 Å². The van der Waals surface area contributed by atoms with Crippen LogP contribution < -0.4 is 31.3 Å². The van der Waals surface area contributed by atoms with Gasteiger partial charge < -0.3 is 41.2 Å². The summed E-state index contributed by atoms with van der Waals surface area (Å²) < 4.78 is 11.5. The van der Waals surface area contributed by atoms with Crippen LogP contribution in [0.4, 0.5) is 9.59 Å². The summed E-state index contributed by atoms with van der Waals surface area (Å²) >= 11 is 6.67. The lowest BCUT2D eigenvalue weighted by Gasteiger charge is -2.24. The predicted octanol–water partition coefficient (Wildman–Crippen LogP) is 6.32. The molecule has 0 unspecified atom stereocenters. The highest BCUT2D eigenvalue weighted by atomic mass is 79.9. The van der Waals surface area contributed by atoms with Crippen molar-refractivity contribution in [3.05, 3.63) is 128 Å². The first-order valence-corrected chi connectivity index (χ1v) is 19.6. The average molecular weight is 882 g/mol. The summed E-state index contributed by atoms with van der Waals surface area (Å²) in [7, 11) is 1.58. The lowest BCUT2D eigenvalue weighted by atomic mass is 10.0. The summed E-state index contributed by atoms with van der Waals surface area (Å²) in [4.78, 5) is 52.9.